The van der Waals surface area contributed by atoms with Crippen molar-refractivity contribution in [3.8, 4) is 0 Å². The van der Waals surface area contributed by atoms with E-state index >= 15 is 0 Å². The van der Waals surface area contributed by atoms with Crippen molar-refractivity contribution < 1.29 is 14.3 Å². The van der Waals surface area contributed by atoms with Gasteiger partial charge in [0, 0.05) is 0 Å². The van der Waals surface area contributed by atoms with Crippen molar-refractivity contribution in [3.63, 3.8) is 0 Å². The molecule has 4 heteroatoms. The summed E-state index contributed by atoms with van der Waals surface area (Å²) in [7, 11) is 0. The van der Waals surface area contributed by atoms with Crippen LogP contribution in [0.2, 0.25) is 0 Å². The second kappa shape index (κ2) is 5.99. The largest absolute Gasteiger partial charge is 0.481 e. The number of aliphatic carboxylic acids is 1. The summed E-state index contributed by atoms with van der Waals surface area (Å²) in [5, 5.41) is 8.81. The molecule has 0 radical (unpaired) electrons. The molecule has 2 nitrogen and oxygen atoms in total. The molecular weight excluding hydrogens is 275 g/mol. The van der Waals surface area contributed by atoms with Gasteiger partial charge in [0.2, 0.25) is 0 Å². The van der Waals surface area contributed by atoms with E-state index in [0.29, 0.717) is 4.47 Å². The van der Waals surface area contributed by atoms with Gasteiger partial charge in [0.1, 0.15) is 5.82 Å². The minimum absolute atomic E-state index is 0.0422. The summed E-state index contributed by atoms with van der Waals surface area (Å²) in [5.41, 5.74) is 0.873. The molecule has 0 bridgehead atoms. The predicted molar refractivity (Wildman–Crippen MR) is 64.0 cm³/mol. The Bertz CT molecular complexity index is 379. The Morgan fingerprint density at radius 2 is 2.25 bits per heavy atom. The number of rotatable bonds is 5. The molecule has 1 aromatic rings. The van der Waals surface area contributed by atoms with Crippen LogP contribution in [0, 0.1) is 5.82 Å². The normalized spacial score (nSPS) is 12.4. The van der Waals surface area contributed by atoms with E-state index in [1.54, 1.807) is 12.1 Å². The maximum absolute atomic E-state index is 13.0. The van der Waals surface area contributed by atoms with Crippen molar-refractivity contribution in [1.82, 2.24) is 0 Å². The summed E-state index contributed by atoms with van der Waals surface area (Å²) in [6, 6.07) is 4.69. The first-order valence-electron chi connectivity index (χ1n) is 5.21. The van der Waals surface area contributed by atoms with Crippen LogP contribution in [0.25, 0.3) is 0 Å². The highest BCUT2D eigenvalue weighted by Crippen LogP contribution is 2.28. The Labute approximate surface area is 103 Å². The highest BCUT2D eigenvalue weighted by atomic mass is 79.9. The zero-order valence-corrected chi connectivity index (χ0v) is 10.6. The van der Waals surface area contributed by atoms with Gasteiger partial charge in [-0.25, -0.2) is 4.39 Å². The lowest BCUT2D eigenvalue weighted by molar-refractivity contribution is -0.137. The maximum Gasteiger partial charge on any atom is 0.303 e. The number of carboxylic acids is 1. The van der Waals surface area contributed by atoms with Crippen molar-refractivity contribution in [3.05, 3.63) is 34.1 Å². The van der Waals surface area contributed by atoms with Crippen molar-refractivity contribution in [2.24, 2.45) is 0 Å². The molecule has 0 heterocycles. The van der Waals surface area contributed by atoms with Gasteiger partial charge < -0.3 is 5.11 Å². The molecule has 88 valence electrons. The van der Waals surface area contributed by atoms with Gasteiger partial charge in [-0.05, 0) is 46.0 Å². The van der Waals surface area contributed by atoms with Crippen LogP contribution >= 0.6 is 15.9 Å². The lowest BCUT2D eigenvalue weighted by Gasteiger charge is -2.14. The molecular formula is C12H14BrFO2. The fourth-order valence-corrected chi connectivity index (χ4v) is 2.11. The molecule has 1 aromatic carbocycles. The van der Waals surface area contributed by atoms with Crippen molar-refractivity contribution in [1.29, 1.82) is 0 Å². The number of hydrogen-bond acceptors (Lipinski definition) is 1. The second-order valence-electron chi connectivity index (χ2n) is 3.76. The lowest BCUT2D eigenvalue weighted by atomic mass is 9.91. The van der Waals surface area contributed by atoms with E-state index in [4.69, 9.17) is 5.11 Å². The quantitative estimate of drug-likeness (QED) is 0.891. The van der Waals surface area contributed by atoms with Crippen molar-refractivity contribution in [2.75, 3.05) is 0 Å². The molecule has 1 atom stereocenters. The van der Waals surface area contributed by atoms with E-state index in [-0.39, 0.29) is 18.2 Å². The highest BCUT2D eigenvalue weighted by molar-refractivity contribution is 9.10. The zero-order chi connectivity index (χ0) is 12.1. The Morgan fingerprint density at radius 1 is 1.56 bits per heavy atom. The van der Waals surface area contributed by atoms with Gasteiger partial charge >= 0.3 is 5.97 Å². The number of benzene rings is 1. The maximum atomic E-state index is 13.0. The van der Waals surface area contributed by atoms with E-state index < -0.39 is 5.97 Å². The number of hydrogen-bond donors (Lipinski definition) is 1. The van der Waals surface area contributed by atoms with E-state index in [1.165, 1.54) is 6.07 Å². The van der Waals surface area contributed by atoms with E-state index in [1.807, 2.05) is 6.92 Å². The van der Waals surface area contributed by atoms with Gasteiger partial charge in [-0.3, -0.25) is 4.79 Å². The average molecular weight is 289 g/mol. The minimum Gasteiger partial charge on any atom is -0.481 e. The van der Waals surface area contributed by atoms with Crippen molar-refractivity contribution >= 4 is 21.9 Å². The zero-order valence-electron chi connectivity index (χ0n) is 9.04. The molecule has 0 spiro atoms. The summed E-state index contributed by atoms with van der Waals surface area (Å²) in [4.78, 5) is 10.7. The molecule has 1 N–H and O–H groups in total. The van der Waals surface area contributed by atoms with Gasteiger partial charge in [-0.1, -0.05) is 19.4 Å². The monoisotopic (exact) mass is 288 g/mol. The third-order valence-corrected chi connectivity index (χ3v) is 3.08. The molecule has 0 fully saturated rings. The summed E-state index contributed by atoms with van der Waals surface area (Å²) >= 11 is 3.11. The van der Waals surface area contributed by atoms with Crippen LogP contribution in [-0.4, -0.2) is 11.1 Å². The summed E-state index contributed by atoms with van der Waals surface area (Å²) < 4.78 is 13.4. The van der Waals surface area contributed by atoms with Crippen LogP contribution < -0.4 is 0 Å². The Kier molecular flexibility index (Phi) is 4.93. The van der Waals surface area contributed by atoms with E-state index in [0.717, 1.165) is 18.4 Å². The molecule has 0 saturated heterocycles. The molecule has 0 aliphatic rings. The third-order valence-electron chi connectivity index (χ3n) is 2.47. The molecule has 1 rings (SSSR count). The van der Waals surface area contributed by atoms with E-state index in [9.17, 15) is 9.18 Å². The van der Waals surface area contributed by atoms with Crippen LogP contribution in [0.4, 0.5) is 4.39 Å². The topological polar surface area (TPSA) is 37.3 Å². The van der Waals surface area contributed by atoms with Gasteiger partial charge in [0.25, 0.3) is 0 Å². The van der Waals surface area contributed by atoms with Gasteiger partial charge in [-0.15, -0.1) is 0 Å². The Morgan fingerprint density at radius 3 is 2.75 bits per heavy atom. The fraction of sp³-hybridized carbons (Fsp3) is 0.417. The van der Waals surface area contributed by atoms with Crippen LogP contribution in [0.15, 0.2) is 22.7 Å². The number of halogens is 2. The standard InChI is InChI=1S/C12H14BrFO2/c1-2-3-8(7-12(15)16)9-4-5-11(14)10(13)6-9/h4-6,8H,2-3,7H2,1H3,(H,15,16). The van der Waals surface area contributed by atoms with Gasteiger partial charge in [0.15, 0.2) is 0 Å². The third kappa shape index (κ3) is 3.59. The summed E-state index contributed by atoms with van der Waals surface area (Å²) in [6.45, 7) is 2.01. The molecule has 0 aromatic heterocycles. The Hall–Kier alpha value is -0.900. The van der Waals surface area contributed by atoms with Crippen LogP contribution in [0.1, 0.15) is 37.7 Å². The molecule has 1 unspecified atom stereocenters. The van der Waals surface area contributed by atoms with Gasteiger partial charge in [0.05, 0.1) is 10.9 Å². The molecule has 0 aliphatic heterocycles. The first kappa shape index (κ1) is 13.2. The molecule has 0 aliphatic carbocycles. The number of carboxylic acid groups (broad SMARTS) is 1. The Balaban J connectivity index is 2.91. The minimum atomic E-state index is -0.820. The summed E-state index contributed by atoms with van der Waals surface area (Å²) in [6.07, 6.45) is 1.79. The predicted octanol–water partition coefficient (Wildman–Crippen LogP) is 3.95. The highest BCUT2D eigenvalue weighted by Gasteiger charge is 2.15. The lowest BCUT2D eigenvalue weighted by Crippen LogP contribution is -2.06. The van der Waals surface area contributed by atoms with Crippen LogP contribution in [0.3, 0.4) is 0 Å². The smallest absolute Gasteiger partial charge is 0.303 e. The fourth-order valence-electron chi connectivity index (χ4n) is 1.71. The first-order valence-corrected chi connectivity index (χ1v) is 6.00. The number of carbonyl (C=O) groups is 1. The van der Waals surface area contributed by atoms with Crippen molar-refractivity contribution in [2.45, 2.75) is 32.1 Å². The second-order valence-corrected chi connectivity index (χ2v) is 4.61. The van der Waals surface area contributed by atoms with E-state index in [2.05, 4.69) is 15.9 Å². The van der Waals surface area contributed by atoms with Crippen LogP contribution in [-0.2, 0) is 4.79 Å². The molecule has 16 heavy (non-hydrogen) atoms. The molecule has 0 amide bonds. The molecule has 0 saturated carbocycles. The van der Waals surface area contributed by atoms with Gasteiger partial charge in [-0.2, -0.15) is 0 Å². The average Bonchev–Trinajstić information content (AvgIpc) is 2.21. The summed E-state index contributed by atoms with van der Waals surface area (Å²) in [5.74, 6) is -1.19. The van der Waals surface area contributed by atoms with Crippen LogP contribution in [0.5, 0.6) is 0 Å². The SMILES string of the molecule is CCCC(CC(=O)O)c1ccc(F)c(Br)c1. The first-order chi connectivity index (χ1) is 7.54.